The summed E-state index contributed by atoms with van der Waals surface area (Å²) in [5, 5.41) is 5.97. The van der Waals surface area contributed by atoms with Gasteiger partial charge < -0.3 is 10.6 Å². The molecular weight excluding hydrogens is 336 g/mol. The minimum absolute atomic E-state index is 0.0243. The summed E-state index contributed by atoms with van der Waals surface area (Å²) in [4.78, 5) is 25.5. The summed E-state index contributed by atoms with van der Waals surface area (Å²) in [5.74, 6) is -0.412. The normalized spacial score (nSPS) is 13.1. The van der Waals surface area contributed by atoms with Gasteiger partial charge in [-0.15, -0.1) is 0 Å². The van der Waals surface area contributed by atoms with E-state index in [1.165, 1.54) is 0 Å². The summed E-state index contributed by atoms with van der Waals surface area (Å²) in [6.45, 7) is 11.8. The van der Waals surface area contributed by atoms with Crippen LogP contribution in [0.1, 0.15) is 59.4 Å². The number of hydrogen-bond donors (Lipinski definition) is 2. The Morgan fingerprint density at radius 2 is 1.52 bits per heavy atom. The van der Waals surface area contributed by atoms with Gasteiger partial charge >= 0.3 is 0 Å². The highest BCUT2D eigenvalue weighted by molar-refractivity contribution is 5.98. The monoisotopic (exact) mass is 366 g/mol. The van der Waals surface area contributed by atoms with E-state index in [2.05, 4.69) is 28.8 Å². The summed E-state index contributed by atoms with van der Waals surface area (Å²) < 4.78 is 0. The lowest BCUT2D eigenvalue weighted by molar-refractivity contribution is -0.124. The lowest BCUT2D eigenvalue weighted by Gasteiger charge is -2.25. The van der Waals surface area contributed by atoms with Gasteiger partial charge in [0, 0.05) is 5.56 Å². The van der Waals surface area contributed by atoms with E-state index in [4.69, 9.17) is 0 Å². The summed E-state index contributed by atoms with van der Waals surface area (Å²) >= 11 is 0. The molecule has 2 unspecified atom stereocenters. The van der Waals surface area contributed by atoms with Gasteiger partial charge in [0.15, 0.2) is 0 Å². The second kappa shape index (κ2) is 8.85. The molecule has 2 amide bonds. The number of carbonyl (C=O) groups is 2. The van der Waals surface area contributed by atoms with Crippen molar-refractivity contribution >= 4 is 11.8 Å². The largest absolute Gasteiger partial charge is 0.348 e. The maximum absolute atomic E-state index is 12.9. The van der Waals surface area contributed by atoms with Gasteiger partial charge in [0.2, 0.25) is 5.91 Å². The fourth-order valence-corrected chi connectivity index (χ4v) is 3.19. The Hall–Kier alpha value is -2.62. The van der Waals surface area contributed by atoms with Crippen LogP contribution >= 0.6 is 0 Å². The van der Waals surface area contributed by atoms with E-state index in [0.717, 1.165) is 22.3 Å². The minimum Gasteiger partial charge on any atom is -0.348 e. The number of amides is 2. The second-order valence-electron chi connectivity index (χ2n) is 7.60. The second-order valence-corrected chi connectivity index (χ2v) is 7.60. The predicted octanol–water partition coefficient (Wildman–Crippen LogP) is 4.24. The third kappa shape index (κ3) is 5.19. The molecule has 4 nitrogen and oxygen atoms in total. The van der Waals surface area contributed by atoms with Crippen LogP contribution in [-0.2, 0) is 4.79 Å². The third-order valence-corrected chi connectivity index (χ3v) is 4.89. The lowest BCUT2D eigenvalue weighted by Crippen LogP contribution is -2.50. The first-order chi connectivity index (χ1) is 12.7. The summed E-state index contributed by atoms with van der Waals surface area (Å²) in [5.41, 5.74) is 4.87. The Morgan fingerprint density at radius 1 is 0.852 bits per heavy atom. The standard InChI is InChI=1S/C23H30N2O2/c1-14(2)21(25-22(26)19-10-8-7-9-16(19)4)23(27)24-18(6)20-13-15(3)11-12-17(20)5/h7-14,18,21H,1-6H3,(H,24,27)(H,25,26). The van der Waals surface area contributed by atoms with Crippen LogP contribution in [0.5, 0.6) is 0 Å². The van der Waals surface area contributed by atoms with Crippen molar-refractivity contribution in [1.29, 1.82) is 0 Å². The lowest BCUT2D eigenvalue weighted by atomic mass is 9.98. The van der Waals surface area contributed by atoms with Crippen molar-refractivity contribution in [2.24, 2.45) is 5.92 Å². The van der Waals surface area contributed by atoms with Crippen molar-refractivity contribution < 1.29 is 9.59 Å². The quantitative estimate of drug-likeness (QED) is 0.803. The third-order valence-electron chi connectivity index (χ3n) is 4.89. The molecule has 4 heteroatoms. The van der Waals surface area contributed by atoms with E-state index in [-0.39, 0.29) is 23.8 Å². The van der Waals surface area contributed by atoms with Crippen LogP contribution in [0.25, 0.3) is 0 Å². The molecule has 0 bridgehead atoms. The Morgan fingerprint density at radius 3 is 2.15 bits per heavy atom. The van der Waals surface area contributed by atoms with Crippen LogP contribution < -0.4 is 10.6 Å². The average Bonchev–Trinajstić information content (AvgIpc) is 2.61. The van der Waals surface area contributed by atoms with E-state index in [1.807, 2.05) is 59.7 Å². The number of benzene rings is 2. The van der Waals surface area contributed by atoms with E-state index in [1.54, 1.807) is 6.07 Å². The molecule has 0 aliphatic carbocycles. The molecule has 0 saturated carbocycles. The zero-order valence-corrected chi connectivity index (χ0v) is 17.1. The molecule has 0 aromatic heterocycles. The number of rotatable bonds is 6. The molecule has 0 fully saturated rings. The van der Waals surface area contributed by atoms with Gasteiger partial charge in [0.25, 0.3) is 5.91 Å². The number of carbonyl (C=O) groups excluding carboxylic acids is 2. The SMILES string of the molecule is Cc1ccc(C)c(C(C)NC(=O)C(NC(=O)c2ccccc2C)C(C)C)c1. The number of nitrogens with one attached hydrogen (secondary N) is 2. The molecule has 0 radical (unpaired) electrons. The molecule has 2 rings (SSSR count). The van der Waals surface area contributed by atoms with Crippen LogP contribution in [0.4, 0.5) is 0 Å². The Kier molecular flexibility index (Phi) is 6.78. The first-order valence-corrected chi connectivity index (χ1v) is 9.44. The number of aryl methyl sites for hydroxylation is 3. The molecule has 27 heavy (non-hydrogen) atoms. The topological polar surface area (TPSA) is 58.2 Å². The van der Waals surface area contributed by atoms with Gasteiger partial charge in [-0.3, -0.25) is 9.59 Å². The van der Waals surface area contributed by atoms with E-state index >= 15 is 0 Å². The Labute approximate surface area is 162 Å². The highest BCUT2D eigenvalue weighted by Crippen LogP contribution is 2.19. The first kappa shape index (κ1) is 20.7. The van der Waals surface area contributed by atoms with Gasteiger partial charge in [-0.25, -0.2) is 0 Å². The summed E-state index contributed by atoms with van der Waals surface area (Å²) in [7, 11) is 0. The highest BCUT2D eigenvalue weighted by atomic mass is 16.2. The summed E-state index contributed by atoms with van der Waals surface area (Å²) in [6.07, 6.45) is 0. The zero-order valence-electron chi connectivity index (χ0n) is 17.1. The molecule has 0 saturated heterocycles. The molecule has 2 N–H and O–H groups in total. The molecule has 2 atom stereocenters. The maximum atomic E-state index is 12.9. The van der Waals surface area contributed by atoms with Crippen molar-refractivity contribution in [3.63, 3.8) is 0 Å². The highest BCUT2D eigenvalue weighted by Gasteiger charge is 2.26. The maximum Gasteiger partial charge on any atom is 0.252 e. The van der Waals surface area contributed by atoms with E-state index in [9.17, 15) is 9.59 Å². The Balaban J connectivity index is 2.14. The fourth-order valence-electron chi connectivity index (χ4n) is 3.19. The average molecular weight is 367 g/mol. The van der Waals surface area contributed by atoms with Crippen molar-refractivity contribution in [2.45, 2.75) is 53.6 Å². The molecule has 2 aromatic rings. The van der Waals surface area contributed by atoms with Gasteiger partial charge in [0.1, 0.15) is 6.04 Å². The smallest absolute Gasteiger partial charge is 0.252 e. The fraction of sp³-hybridized carbons (Fsp3) is 0.391. The van der Waals surface area contributed by atoms with Gasteiger partial charge in [-0.05, 0) is 56.4 Å². The van der Waals surface area contributed by atoms with Crippen LogP contribution in [0.3, 0.4) is 0 Å². The predicted molar refractivity (Wildman–Crippen MR) is 110 cm³/mol. The minimum atomic E-state index is -0.593. The van der Waals surface area contributed by atoms with E-state index in [0.29, 0.717) is 5.56 Å². The Bertz CT molecular complexity index is 827. The van der Waals surface area contributed by atoms with Crippen molar-refractivity contribution in [1.82, 2.24) is 10.6 Å². The van der Waals surface area contributed by atoms with Crippen LogP contribution in [-0.4, -0.2) is 17.9 Å². The van der Waals surface area contributed by atoms with Crippen LogP contribution in [0, 0.1) is 26.7 Å². The molecule has 0 spiro atoms. The van der Waals surface area contributed by atoms with Crippen LogP contribution in [0.2, 0.25) is 0 Å². The summed E-state index contributed by atoms with van der Waals surface area (Å²) in [6, 6.07) is 12.9. The van der Waals surface area contributed by atoms with Gasteiger partial charge in [0.05, 0.1) is 6.04 Å². The molecule has 0 heterocycles. The number of hydrogen-bond acceptors (Lipinski definition) is 2. The van der Waals surface area contributed by atoms with Gasteiger partial charge in [-0.2, -0.15) is 0 Å². The molecular formula is C23H30N2O2. The van der Waals surface area contributed by atoms with E-state index < -0.39 is 6.04 Å². The van der Waals surface area contributed by atoms with Crippen molar-refractivity contribution in [2.75, 3.05) is 0 Å². The van der Waals surface area contributed by atoms with Crippen molar-refractivity contribution in [3.8, 4) is 0 Å². The molecule has 144 valence electrons. The van der Waals surface area contributed by atoms with Gasteiger partial charge in [-0.1, -0.05) is 55.8 Å². The zero-order chi connectivity index (χ0) is 20.1. The molecule has 0 aliphatic rings. The first-order valence-electron chi connectivity index (χ1n) is 9.44. The molecule has 2 aromatic carbocycles. The van der Waals surface area contributed by atoms with Crippen molar-refractivity contribution in [3.05, 3.63) is 70.3 Å². The van der Waals surface area contributed by atoms with Crippen LogP contribution in [0.15, 0.2) is 42.5 Å². The molecule has 0 aliphatic heterocycles.